The zero-order valence-electron chi connectivity index (χ0n) is 12.2. The van der Waals surface area contributed by atoms with Crippen LogP contribution in [0.4, 0.5) is 0 Å². The van der Waals surface area contributed by atoms with Crippen LogP contribution in [0.15, 0.2) is 0 Å². The van der Waals surface area contributed by atoms with Crippen molar-refractivity contribution in [2.24, 2.45) is 11.8 Å². The van der Waals surface area contributed by atoms with Gasteiger partial charge >= 0.3 is 5.97 Å². The van der Waals surface area contributed by atoms with Crippen molar-refractivity contribution in [3.8, 4) is 0 Å². The first-order valence-electron chi connectivity index (χ1n) is 7.32. The number of nitrogens with zero attached hydrogens (tertiary/aromatic N) is 2. The maximum absolute atomic E-state index is 12.7. The van der Waals surface area contributed by atoms with Crippen molar-refractivity contribution in [2.45, 2.75) is 45.6 Å². The standard InChI is InChI=1S/C13H24N2O4S/c1-10-7-11(2)9-14(8-10)20(18,19)15-6-4-3-5-12(15)13(16)17/h10-12H,3-9H2,1-2H3,(H,16,17)/t10?,11?,12-/m1/s1. The number of hydrogen-bond donors (Lipinski definition) is 1. The van der Waals surface area contributed by atoms with Crippen molar-refractivity contribution in [1.29, 1.82) is 0 Å². The summed E-state index contributed by atoms with van der Waals surface area (Å²) in [6.07, 6.45) is 2.94. The maximum Gasteiger partial charge on any atom is 0.322 e. The van der Waals surface area contributed by atoms with Crippen molar-refractivity contribution >= 4 is 16.2 Å². The van der Waals surface area contributed by atoms with Crippen LogP contribution < -0.4 is 0 Å². The third-order valence-electron chi connectivity index (χ3n) is 4.20. The fraction of sp³-hybridized carbons (Fsp3) is 0.923. The zero-order chi connectivity index (χ0) is 14.9. The first-order valence-corrected chi connectivity index (χ1v) is 8.71. The van der Waals surface area contributed by atoms with E-state index >= 15 is 0 Å². The predicted octanol–water partition coefficient (Wildman–Crippen LogP) is 1.15. The average Bonchev–Trinajstić information content (AvgIpc) is 2.37. The number of rotatable bonds is 3. The Balaban J connectivity index is 2.21. The van der Waals surface area contributed by atoms with E-state index in [1.165, 1.54) is 8.61 Å². The monoisotopic (exact) mass is 304 g/mol. The fourth-order valence-electron chi connectivity index (χ4n) is 3.37. The van der Waals surface area contributed by atoms with E-state index < -0.39 is 22.2 Å². The van der Waals surface area contributed by atoms with E-state index in [4.69, 9.17) is 0 Å². The van der Waals surface area contributed by atoms with Gasteiger partial charge in [-0.3, -0.25) is 4.79 Å². The third-order valence-corrected chi connectivity index (χ3v) is 6.18. The second-order valence-electron chi connectivity index (χ2n) is 6.23. The van der Waals surface area contributed by atoms with Gasteiger partial charge in [-0.25, -0.2) is 0 Å². The molecule has 0 aromatic heterocycles. The lowest BCUT2D eigenvalue weighted by molar-refractivity contribution is -0.142. The lowest BCUT2D eigenvalue weighted by Crippen LogP contribution is -2.55. The second kappa shape index (κ2) is 5.99. The lowest BCUT2D eigenvalue weighted by atomic mass is 9.94. The molecule has 0 bridgehead atoms. The van der Waals surface area contributed by atoms with Crippen molar-refractivity contribution in [2.75, 3.05) is 19.6 Å². The molecule has 0 radical (unpaired) electrons. The van der Waals surface area contributed by atoms with Crippen molar-refractivity contribution < 1.29 is 18.3 Å². The van der Waals surface area contributed by atoms with Gasteiger partial charge < -0.3 is 5.11 Å². The molecule has 2 unspecified atom stereocenters. The summed E-state index contributed by atoms with van der Waals surface area (Å²) in [6.45, 7) is 5.40. The molecule has 0 aromatic carbocycles. The van der Waals surface area contributed by atoms with E-state index in [0.717, 1.165) is 19.3 Å². The Kier molecular flexibility index (Phi) is 4.71. The predicted molar refractivity (Wildman–Crippen MR) is 75.4 cm³/mol. The van der Waals surface area contributed by atoms with E-state index in [0.29, 0.717) is 37.9 Å². The highest BCUT2D eigenvalue weighted by Gasteiger charge is 2.41. The molecule has 1 N–H and O–H groups in total. The summed E-state index contributed by atoms with van der Waals surface area (Å²) in [6, 6.07) is -0.902. The van der Waals surface area contributed by atoms with Gasteiger partial charge in [0.25, 0.3) is 10.2 Å². The number of carboxylic acids is 1. The summed E-state index contributed by atoms with van der Waals surface area (Å²) in [4.78, 5) is 11.3. The van der Waals surface area contributed by atoms with E-state index in [-0.39, 0.29) is 0 Å². The molecule has 2 heterocycles. The maximum atomic E-state index is 12.7. The summed E-state index contributed by atoms with van der Waals surface area (Å²) in [5.74, 6) is -0.394. The Labute approximate surface area is 120 Å². The molecule has 2 saturated heterocycles. The molecule has 20 heavy (non-hydrogen) atoms. The molecule has 0 aliphatic carbocycles. The van der Waals surface area contributed by atoms with Crippen LogP contribution in [0.3, 0.4) is 0 Å². The highest BCUT2D eigenvalue weighted by atomic mass is 32.2. The number of aliphatic carboxylic acids is 1. The largest absolute Gasteiger partial charge is 0.480 e. The van der Waals surface area contributed by atoms with Crippen LogP contribution in [0, 0.1) is 11.8 Å². The summed E-state index contributed by atoms with van der Waals surface area (Å²) >= 11 is 0. The third kappa shape index (κ3) is 3.15. The Morgan fingerprint density at radius 2 is 1.75 bits per heavy atom. The summed E-state index contributed by atoms with van der Waals surface area (Å²) < 4.78 is 28.1. The SMILES string of the molecule is CC1CC(C)CN(S(=O)(=O)N2CCCC[C@@H]2C(=O)O)C1. The summed E-state index contributed by atoms with van der Waals surface area (Å²) in [7, 11) is -3.66. The van der Waals surface area contributed by atoms with Crippen LogP contribution >= 0.6 is 0 Å². The Morgan fingerprint density at radius 1 is 1.15 bits per heavy atom. The fourth-order valence-corrected chi connectivity index (χ4v) is 5.43. The van der Waals surface area contributed by atoms with Crippen molar-refractivity contribution in [1.82, 2.24) is 8.61 Å². The molecule has 2 rings (SSSR count). The molecule has 7 heteroatoms. The van der Waals surface area contributed by atoms with Crippen LogP contribution in [0.5, 0.6) is 0 Å². The van der Waals surface area contributed by atoms with Crippen molar-refractivity contribution in [3.05, 3.63) is 0 Å². The molecule has 3 atom stereocenters. The van der Waals surface area contributed by atoms with E-state index in [9.17, 15) is 18.3 Å². The second-order valence-corrected chi connectivity index (χ2v) is 8.11. The smallest absolute Gasteiger partial charge is 0.322 e. The lowest BCUT2D eigenvalue weighted by Gasteiger charge is -2.40. The van der Waals surface area contributed by atoms with Gasteiger partial charge in [0, 0.05) is 19.6 Å². The van der Waals surface area contributed by atoms with Gasteiger partial charge in [-0.15, -0.1) is 0 Å². The first kappa shape index (κ1) is 15.7. The average molecular weight is 304 g/mol. The van der Waals surface area contributed by atoms with Gasteiger partial charge in [0.2, 0.25) is 0 Å². The van der Waals surface area contributed by atoms with Gasteiger partial charge in [0.05, 0.1) is 0 Å². The minimum atomic E-state index is -3.66. The zero-order valence-corrected chi connectivity index (χ0v) is 13.0. The highest BCUT2D eigenvalue weighted by molar-refractivity contribution is 7.86. The Morgan fingerprint density at radius 3 is 2.30 bits per heavy atom. The molecule has 0 aromatic rings. The molecule has 2 fully saturated rings. The van der Waals surface area contributed by atoms with Gasteiger partial charge in [-0.05, 0) is 37.5 Å². The van der Waals surface area contributed by atoms with Crippen LogP contribution in [-0.4, -0.2) is 53.8 Å². The molecule has 6 nitrogen and oxygen atoms in total. The molecule has 0 saturated carbocycles. The topological polar surface area (TPSA) is 77.9 Å². The molecular weight excluding hydrogens is 280 g/mol. The normalized spacial score (nSPS) is 34.0. The number of hydrogen-bond acceptors (Lipinski definition) is 3. The van der Waals surface area contributed by atoms with Gasteiger partial charge in [-0.1, -0.05) is 13.8 Å². The summed E-state index contributed by atoms with van der Waals surface area (Å²) in [5.41, 5.74) is 0. The quantitative estimate of drug-likeness (QED) is 0.848. The van der Waals surface area contributed by atoms with Gasteiger partial charge in [0.15, 0.2) is 0 Å². The van der Waals surface area contributed by atoms with E-state index in [1.807, 2.05) is 13.8 Å². The Bertz CT molecular complexity index is 455. The molecule has 2 aliphatic rings. The summed E-state index contributed by atoms with van der Waals surface area (Å²) in [5, 5.41) is 9.25. The molecular formula is C13H24N2O4S. The highest BCUT2D eigenvalue weighted by Crippen LogP contribution is 2.28. The van der Waals surface area contributed by atoms with E-state index in [2.05, 4.69) is 0 Å². The first-order chi connectivity index (χ1) is 9.32. The molecule has 0 amide bonds. The van der Waals surface area contributed by atoms with Crippen LogP contribution in [0.1, 0.15) is 39.5 Å². The minimum Gasteiger partial charge on any atom is -0.480 e. The molecule has 116 valence electrons. The van der Waals surface area contributed by atoms with E-state index in [1.54, 1.807) is 0 Å². The van der Waals surface area contributed by atoms with Crippen molar-refractivity contribution in [3.63, 3.8) is 0 Å². The number of piperidine rings is 2. The van der Waals surface area contributed by atoms with Gasteiger partial charge in [0.1, 0.15) is 6.04 Å². The Hall–Kier alpha value is -0.660. The van der Waals surface area contributed by atoms with Crippen LogP contribution in [-0.2, 0) is 15.0 Å². The number of carboxylic acid groups (broad SMARTS) is 1. The van der Waals surface area contributed by atoms with Crippen LogP contribution in [0.2, 0.25) is 0 Å². The minimum absolute atomic E-state index is 0.318. The van der Waals surface area contributed by atoms with Crippen LogP contribution in [0.25, 0.3) is 0 Å². The molecule has 2 aliphatic heterocycles. The molecule has 0 spiro atoms. The number of carbonyl (C=O) groups is 1. The van der Waals surface area contributed by atoms with Gasteiger partial charge in [-0.2, -0.15) is 17.0 Å².